The van der Waals surface area contributed by atoms with E-state index in [2.05, 4.69) is 0 Å². The monoisotopic (exact) mass is 288 g/mol. The summed E-state index contributed by atoms with van der Waals surface area (Å²) >= 11 is 0. The van der Waals surface area contributed by atoms with Crippen molar-refractivity contribution in [3.8, 4) is 23.0 Å². The van der Waals surface area contributed by atoms with Crippen molar-refractivity contribution in [3.63, 3.8) is 0 Å². The molecule has 0 aliphatic rings. The van der Waals surface area contributed by atoms with Gasteiger partial charge in [0.25, 0.3) is 0 Å². The maximum absolute atomic E-state index is 5.30. The van der Waals surface area contributed by atoms with Crippen LogP contribution in [0, 0.1) is 0 Å². The van der Waals surface area contributed by atoms with Crippen LogP contribution in [0.5, 0.6) is 23.0 Å². The highest BCUT2D eigenvalue weighted by Gasteiger charge is 2.06. The largest absolute Gasteiger partial charge is 0.497 e. The zero-order valence-corrected chi connectivity index (χ0v) is 12.8. The van der Waals surface area contributed by atoms with Crippen molar-refractivity contribution >= 4 is 0 Å². The summed E-state index contributed by atoms with van der Waals surface area (Å²) in [6, 6.07) is 11.7. The quantitative estimate of drug-likeness (QED) is 0.817. The lowest BCUT2D eigenvalue weighted by Gasteiger charge is -2.11. The Morgan fingerprint density at radius 1 is 0.524 bits per heavy atom. The average Bonchev–Trinajstić information content (AvgIpc) is 2.53. The summed E-state index contributed by atoms with van der Waals surface area (Å²) in [6.45, 7) is 0. The zero-order chi connectivity index (χ0) is 15.2. The lowest BCUT2D eigenvalue weighted by Crippen LogP contribution is -1.95. The molecule has 0 spiro atoms. The Labute approximate surface area is 125 Å². The second-order valence-electron chi connectivity index (χ2n) is 4.62. The Hall–Kier alpha value is -2.36. The van der Waals surface area contributed by atoms with Gasteiger partial charge in [-0.15, -0.1) is 0 Å². The summed E-state index contributed by atoms with van der Waals surface area (Å²) in [7, 11) is 6.58. The topological polar surface area (TPSA) is 36.9 Å². The predicted molar refractivity (Wildman–Crippen MR) is 81.9 cm³/mol. The second-order valence-corrected chi connectivity index (χ2v) is 4.62. The highest BCUT2D eigenvalue weighted by molar-refractivity contribution is 5.44. The molecule has 4 nitrogen and oxygen atoms in total. The lowest BCUT2D eigenvalue weighted by atomic mass is 10.0. The van der Waals surface area contributed by atoms with E-state index in [9.17, 15) is 0 Å². The van der Waals surface area contributed by atoms with Crippen LogP contribution in [-0.2, 0) is 6.42 Å². The molecule has 0 bridgehead atoms. The summed E-state index contributed by atoms with van der Waals surface area (Å²) < 4.78 is 21.2. The van der Waals surface area contributed by atoms with E-state index in [0.29, 0.717) is 0 Å². The number of rotatable bonds is 6. The minimum Gasteiger partial charge on any atom is -0.497 e. The SMILES string of the molecule is COc1cc(Cc2cc(OC)cc(OC)c2)cc(OC)c1. The second kappa shape index (κ2) is 6.88. The molecule has 2 rings (SSSR count). The number of methoxy groups -OCH3 is 4. The molecule has 0 aromatic heterocycles. The van der Waals surface area contributed by atoms with E-state index in [0.717, 1.165) is 40.5 Å². The third kappa shape index (κ3) is 3.81. The molecule has 0 atom stereocenters. The van der Waals surface area contributed by atoms with Crippen molar-refractivity contribution in [1.82, 2.24) is 0 Å². The summed E-state index contributed by atoms with van der Waals surface area (Å²) in [5.41, 5.74) is 2.20. The molecule has 2 aromatic rings. The Bertz CT molecular complexity index is 510. The number of benzene rings is 2. The van der Waals surface area contributed by atoms with Gasteiger partial charge in [-0.1, -0.05) is 0 Å². The third-order valence-electron chi connectivity index (χ3n) is 3.23. The summed E-state index contributed by atoms with van der Waals surface area (Å²) in [6.07, 6.45) is 0.737. The van der Waals surface area contributed by atoms with Gasteiger partial charge < -0.3 is 18.9 Å². The molecule has 0 radical (unpaired) electrons. The molecule has 0 saturated carbocycles. The van der Waals surface area contributed by atoms with Crippen LogP contribution >= 0.6 is 0 Å². The molecule has 0 amide bonds. The van der Waals surface area contributed by atoms with Gasteiger partial charge in [0.1, 0.15) is 23.0 Å². The van der Waals surface area contributed by atoms with E-state index in [1.54, 1.807) is 28.4 Å². The fourth-order valence-corrected chi connectivity index (χ4v) is 2.17. The van der Waals surface area contributed by atoms with E-state index >= 15 is 0 Å². The summed E-state index contributed by atoms with van der Waals surface area (Å²) in [5.74, 6) is 3.11. The molecule has 112 valence electrons. The van der Waals surface area contributed by atoms with Crippen LogP contribution in [0.4, 0.5) is 0 Å². The van der Waals surface area contributed by atoms with E-state index in [1.807, 2.05) is 36.4 Å². The number of hydrogen-bond acceptors (Lipinski definition) is 4. The first-order valence-electron chi connectivity index (χ1n) is 6.62. The highest BCUT2D eigenvalue weighted by Crippen LogP contribution is 2.27. The van der Waals surface area contributed by atoms with E-state index in [1.165, 1.54) is 0 Å². The van der Waals surface area contributed by atoms with Crippen molar-refractivity contribution < 1.29 is 18.9 Å². The molecule has 0 fully saturated rings. The van der Waals surface area contributed by atoms with E-state index in [-0.39, 0.29) is 0 Å². The van der Waals surface area contributed by atoms with Gasteiger partial charge in [-0.05, 0) is 41.8 Å². The van der Waals surface area contributed by atoms with Crippen LogP contribution in [0.1, 0.15) is 11.1 Å². The van der Waals surface area contributed by atoms with Gasteiger partial charge in [-0.3, -0.25) is 0 Å². The average molecular weight is 288 g/mol. The first kappa shape index (κ1) is 15.0. The molecule has 0 aliphatic carbocycles. The van der Waals surface area contributed by atoms with Crippen LogP contribution in [0.2, 0.25) is 0 Å². The standard InChI is InChI=1S/C17H20O4/c1-18-14-6-12(7-15(10-14)19-2)5-13-8-16(20-3)11-17(9-13)21-4/h6-11H,5H2,1-4H3. The third-order valence-corrected chi connectivity index (χ3v) is 3.23. The van der Waals surface area contributed by atoms with Crippen LogP contribution in [-0.4, -0.2) is 28.4 Å². The number of hydrogen-bond donors (Lipinski definition) is 0. The Kier molecular flexibility index (Phi) is 4.93. The molecular formula is C17H20O4. The fraction of sp³-hybridized carbons (Fsp3) is 0.294. The van der Waals surface area contributed by atoms with Crippen molar-refractivity contribution in [2.45, 2.75) is 6.42 Å². The lowest BCUT2D eigenvalue weighted by molar-refractivity contribution is 0.393. The Morgan fingerprint density at radius 3 is 1.05 bits per heavy atom. The smallest absolute Gasteiger partial charge is 0.122 e. The van der Waals surface area contributed by atoms with Gasteiger partial charge >= 0.3 is 0 Å². The van der Waals surface area contributed by atoms with Gasteiger partial charge in [0.05, 0.1) is 28.4 Å². The van der Waals surface area contributed by atoms with E-state index in [4.69, 9.17) is 18.9 Å². The molecule has 0 heterocycles. The maximum atomic E-state index is 5.30. The molecule has 2 aromatic carbocycles. The molecule has 0 unspecified atom stereocenters. The van der Waals surface area contributed by atoms with Crippen molar-refractivity contribution in [2.75, 3.05) is 28.4 Å². The molecule has 0 aliphatic heterocycles. The summed E-state index contributed by atoms with van der Waals surface area (Å²) in [4.78, 5) is 0. The van der Waals surface area contributed by atoms with Crippen molar-refractivity contribution in [1.29, 1.82) is 0 Å². The Balaban J connectivity index is 2.32. The molecule has 21 heavy (non-hydrogen) atoms. The van der Waals surface area contributed by atoms with Crippen LogP contribution < -0.4 is 18.9 Å². The molecule has 4 heteroatoms. The molecule has 0 N–H and O–H groups in total. The first-order valence-corrected chi connectivity index (χ1v) is 6.62. The minimum atomic E-state index is 0.737. The minimum absolute atomic E-state index is 0.737. The zero-order valence-electron chi connectivity index (χ0n) is 12.8. The van der Waals surface area contributed by atoms with Gasteiger partial charge in [0, 0.05) is 12.1 Å². The van der Waals surface area contributed by atoms with Crippen LogP contribution in [0.25, 0.3) is 0 Å². The number of ether oxygens (including phenoxy) is 4. The molecule has 0 saturated heterocycles. The van der Waals surface area contributed by atoms with Gasteiger partial charge in [-0.2, -0.15) is 0 Å². The van der Waals surface area contributed by atoms with Crippen LogP contribution in [0.3, 0.4) is 0 Å². The van der Waals surface area contributed by atoms with Gasteiger partial charge in [0.15, 0.2) is 0 Å². The maximum Gasteiger partial charge on any atom is 0.122 e. The highest BCUT2D eigenvalue weighted by atomic mass is 16.5. The fourth-order valence-electron chi connectivity index (χ4n) is 2.17. The summed E-state index contributed by atoms with van der Waals surface area (Å²) in [5, 5.41) is 0. The predicted octanol–water partition coefficient (Wildman–Crippen LogP) is 3.31. The van der Waals surface area contributed by atoms with Crippen molar-refractivity contribution in [2.24, 2.45) is 0 Å². The Morgan fingerprint density at radius 2 is 0.810 bits per heavy atom. The normalized spacial score (nSPS) is 10.1. The van der Waals surface area contributed by atoms with E-state index < -0.39 is 0 Å². The van der Waals surface area contributed by atoms with Gasteiger partial charge in [0.2, 0.25) is 0 Å². The molecular weight excluding hydrogens is 268 g/mol. The van der Waals surface area contributed by atoms with Crippen LogP contribution in [0.15, 0.2) is 36.4 Å². The van der Waals surface area contributed by atoms with Crippen molar-refractivity contribution in [3.05, 3.63) is 47.5 Å². The van der Waals surface area contributed by atoms with Gasteiger partial charge in [-0.25, -0.2) is 0 Å². The first-order chi connectivity index (χ1) is 10.2.